The van der Waals surface area contributed by atoms with E-state index in [4.69, 9.17) is 14.5 Å². The smallest absolute Gasteiger partial charge is 0.267 e. The fourth-order valence-corrected chi connectivity index (χ4v) is 6.02. The topological polar surface area (TPSA) is 51.1 Å². The number of benzene rings is 3. The van der Waals surface area contributed by atoms with Crippen LogP contribution in [0.1, 0.15) is 54.4 Å². The number of amidine groups is 1. The molecule has 0 radical (unpaired) electrons. The van der Waals surface area contributed by atoms with Gasteiger partial charge >= 0.3 is 0 Å². The van der Waals surface area contributed by atoms with Crippen molar-refractivity contribution < 1.29 is 14.3 Å². The van der Waals surface area contributed by atoms with Crippen molar-refractivity contribution in [1.82, 2.24) is 4.90 Å². The van der Waals surface area contributed by atoms with Crippen molar-refractivity contribution >= 4 is 34.6 Å². The molecule has 1 aliphatic carbocycles. The number of methoxy groups -OCH3 is 1. The Labute approximate surface area is 229 Å². The van der Waals surface area contributed by atoms with Gasteiger partial charge in [-0.25, -0.2) is 4.99 Å². The Morgan fingerprint density at radius 3 is 2.47 bits per heavy atom. The van der Waals surface area contributed by atoms with E-state index in [1.54, 1.807) is 7.11 Å². The zero-order valence-corrected chi connectivity index (χ0v) is 23.1. The fourth-order valence-electron chi connectivity index (χ4n) is 4.96. The van der Waals surface area contributed by atoms with E-state index in [2.05, 4.69) is 44.2 Å². The molecular formula is C32H34N2O3S. The summed E-state index contributed by atoms with van der Waals surface area (Å²) < 4.78 is 11.7. The van der Waals surface area contributed by atoms with Gasteiger partial charge in [-0.1, -0.05) is 72.9 Å². The third kappa shape index (κ3) is 6.13. The highest BCUT2D eigenvalue weighted by atomic mass is 32.2. The van der Waals surface area contributed by atoms with Crippen LogP contribution in [-0.4, -0.2) is 29.1 Å². The van der Waals surface area contributed by atoms with Gasteiger partial charge in [0.2, 0.25) is 0 Å². The Bertz CT molecular complexity index is 1360. The second kappa shape index (κ2) is 11.9. The number of rotatable bonds is 7. The lowest BCUT2D eigenvalue weighted by Crippen LogP contribution is -2.40. The molecule has 2 fully saturated rings. The molecule has 0 atom stereocenters. The normalized spacial score (nSPS) is 18.4. The second-order valence-corrected chi connectivity index (χ2v) is 11.0. The maximum Gasteiger partial charge on any atom is 0.267 e. The molecule has 2 aliphatic rings. The Hall–Kier alpha value is -3.51. The number of nitrogens with zero attached hydrogens (tertiary/aromatic N) is 2. The molecule has 1 saturated carbocycles. The quantitative estimate of drug-likeness (QED) is 0.294. The highest BCUT2D eigenvalue weighted by Gasteiger charge is 2.38. The highest BCUT2D eigenvalue weighted by Crippen LogP contribution is 2.39. The molecule has 38 heavy (non-hydrogen) atoms. The SMILES string of the molecule is COc1cc(/C=C2/SC(=Nc3ccc(C)cc3)N(C3CCCCC3)C2=O)ccc1OCc1cccc(C)c1. The molecule has 1 saturated heterocycles. The minimum absolute atomic E-state index is 0.0338. The molecular weight excluding hydrogens is 492 g/mol. The van der Waals surface area contributed by atoms with E-state index in [1.807, 2.05) is 47.4 Å². The highest BCUT2D eigenvalue weighted by molar-refractivity contribution is 8.18. The van der Waals surface area contributed by atoms with Gasteiger partial charge in [-0.15, -0.1) is 0 Å². The maximum atomic E-state index is 13.7. The zero-order chi connectivity index (χ0) is 26.5. The molecule has 6 heteroatoms. The summed E-state index contributed by atoms with van der Waals surface area (Å²) in [6.45, 7) is 4.59. The van der Waals surface area contributed by atoms with Crippen LogP contribution >= 0.6 is 11.8 Å². The molecule has 196 valence electrons. The average molecular weight is 527 g/mol. The predicted molar refractivity (Wildman–Crippen MR) is 156 cm³/mol. The monoisotopic (exact) mass is 526 g/mol. The fraction of sp³-hybridized carbons (Fsp3) is 0.312. The van der Waals surface area contributed by atoms with Gasteiger partial charge in [0.15, 0.2) is 16.7 Å². The van der Waals surface area contributed by atoms with Gasteiger partial charge in [0.1, 0.15) is 6.61 Å². The summed E-state index contributed by atoms with van der Waals surface area (Å²) in [6, 6.07) is 22.4. The summed E-state index contributed by atoms with van der Waals surface area (Å²) in [5, 5.41) is 0.766. The van der Waals surface area contributed by atoms with Crippen molar-refractivity contribution in [2.45, 2.75) is 58.6 Å². The zero-order valence-electron chi connectivity index (χ0n) is 22.3. The van der Waals surface area contributed by atoms with Gasteiger partial charge in [0, 0.05) is 6.04 Å². The summed E-state index contributed by atoms with van der Waals surface area (Å²) in [5.41, 5.74) is 5.25. The van der Waals surface area contributed by atoms with Crippen LogP contribution in [0.25, 0.3) is 6.08 Å². The van der Waals surface area contributed by atoms with Crippen LogP contribution in [-0.2, 0) is 11.4 Å². The van der Waals surface area contributed by atoms with Gasteiger partial charge in [-0.2, -0.15) is 0 Å². The van der Waals surface area contributed by atoms with Crippen LogP contribution in [0, 0.1) is 13.8 Å². The van der Waals surface area contributed by atoms with Crippen molar-refractivity contribution in [2.75, 3.05) is 7.11 Å². The molecule has 0 aromatic heterocycles. The number of hydrogen-bond acceptors (Lipinski definition) is 5. The Morgan fingerprint density at radius 2 is 1.74 bits per heavy atom. The van der Waals surface area contributed by atoms with Crippen LogP contribution in [0.15, 0.2) is 76.6 Å². The molecule has 0 bridgehead atoms. The number of aryl methyl sites for hydroxylation is 2. The van der Waals surface area contributed by atoms with Crippen LogP contribution < -0.4 is 9.47 Å². The van der Waals surface area contributed by atoms with Crippen LogP contribution in [0.2, 0.25) is 0 Å². The number of ether oxygens (including phenoxy) is 2. The molecule has 3 aromatic rings. The van der Waals surface area contributed by atoms with Gasteiger partial charge in [0.25, 0.3) is 5.91 Å². The molecule has 5 nitrogen and oxygen atoms in total. The third-order valence-corrected chi connectivity index (χ3v) is 7.98. The molecule has 5 rings (SSSR count). The van der Waals surface area contributed by atoms with Crippen LogP contribution in [0.4, 0.5) is 5.69 Å². The number of thioether (sulfide) groups is 1. The molecule has 1 heterocycles. The molecule has 0 N–H and O–H groups in total. The van der Waals surface area contributed by atoms with E-state index in [-0.39, 0.29) is 11.9 Å². The first-order valence-corrected chi connectivity index (χ1v) is 14.1. The number of carbonyl (C=O) groups is 1. The molecule has 3 aromatic carbocycles. The maximum absolute atomic E-state index is 13.7. The largest absolute Gasteiger partial charge is 0.493 e. The lowest BCUT2D eigenvalue weighted by atomic mass is 9.94. The van der Waals surface area contributed by atoms with Gasteiger partial charge in [-0.3, -0.25) is 9.69 Å². The minimum Gasteiger partial charge on any atom is -0.493 e. The van der Waals surface area contributed by atoms with Crippen molar-refractivity contribution in [3.05, 3.63) is 93.9 Å². The minimum atomic E-state index is 0.0338. The van der Waals surface area contributed by atoms with Gasteiger partial charge in [0.05, 0.1) is 17.7 Å². The van der Waals surface area contributed by atoms with E-state index in [9.17, 15) is 4.79 Å². The van der Waals surface area contributed by atoms with Crippen molar-refractivity contribution in [3.8, 4) is 11.5 Å². The van der Waals surface area contributed by atoms with E-state index in [1.165, 1.54) is 29.3 Å². The van der Waals surface area contributed by atoms with E-state index in [0.717, 1.165) is 47.7 Å². The third-order valence-electron chi connectivity index (χ3n) is 7.00. The standard InChI is InChI=1S/C32H34N2O3S/c1-22-12-15-26(16-13-22)33-32-34(27-10-5-4-6-11-27)31(35)30(38-32)20-24-14-17-28(29(19-24)36-3)37-21-25-9-7-8-23(2)18-25/h7-9,12-20,27H,4-6,10-11,21H2,1-3H3/b30-20+,33-32?. The van der Waals surface area contributed by atoms with Crippen molar-refractivity contribution in [3.63, 3.8) is 0 Å². The summed E-state index contributed by atoms with van der Waals surface area (Å²) in [7, 11) is 1.64. The summed E-state index contributed by atoms with van der Waals surface area (Å²) in [6.07, 6.45) is 7.51. The van der Waals surface area contributed by atoms with Crippen molar-refractivity contribution in [1.29, 1.82) is 0 Å². The summed E-state index contributed by atoms with van der Waals surface area (Å²) >= 11 is 1.46. The molecule has 0 unspecified atom stereocenters. The number of carbonyl (C=O) groups excluding carboxylic acids is 1. The second-order valence-electron chi connectivity index (χ2n) is 10.00. The lowest BCUT2D eigenvalue weighted by molar-refractivity contribution is -0.124. The lowest BCUT2D eigenvalue weighted by Gasteiger charge is -2.30. The summed E-state index contributed by atoms with van der Waals surface area (Å²) in [4.78, 5) is 21.2. The number of hydrogen-bond donors (Lipinski definition) is 0. The first-order valence-electron chi connectivity index (χ1n) is 13.2. The average Bonchev–Trinajstić information content (AvgIpc) is 3.23. The van der Waals surface area contributed by atoms with Gasteiger partial charge in [-0.05, 0) is 79.9 Å². The van der Waals surface area contributed by atoms with Crippen molar-refractivity contribution in [2.24, 2.45) is 4.99 Å². The van der Waals surface area contributed by atoms with Crippen LogP contribution in [0.5, 0.6) is 11.5 Å². The molecule has 0 spiro atoms. The molecule has 1 aliphatic heterocycles. The first kappa shape index (κ1) is 26.1. The van der Waals surface area contributed by atoms with Crippen LogP contribution in [0.3, 0.4) is 0 Å². The van der Waals surface area contributed by atoms with E-state index >= 15 is 0 Å². The summed E-state index contributed by atoms with van der Waals surface area (Å²) in [5.74, 6) is 1.35. The Morgan fingerprint density at radius 1 is 0.947 bits per heavy atom. The van der Waals surface area contributed by atoms with E-state index < -0.39 is 0 Å². The molecule has 1 amide bonds. The number of amides is 1. The predicted octanol–water partition coefficient (Wildman–Crippen LogP) is 7.83. The first-order chi connectivity index (χ1) is 18.5. The van der Waals surface area contributed by atoms with Gasteiger partial charge < -0.3 is 9.47 Å². The Balaban J connectivity index is 1.40. The Kier molecular flexibility index (Phi) is 8.18. The van der Waals surface area contributed by atoms with E-state index in [0.29, 0.717) is 23.0 Å². The number of aliphatic imine (C=N–C) groups is 1.